The lowest BCUT2D eigenvalue weighted by molar-refractivity contribution is 0.404. The maximum atomic E-state index is 5.85. The topological polar surface area (TPSA) is 73.7 Å². The van der Waals surface area contributed by atoms with E-state index in [0.29, 0.717) is 11.4 Å². The number of anilines is 5. The standard InChI is InChI=1S/C20H21N3O2/c1-24-18-11-12-20(25-2)19(13-18)23(16-7-3-14(21)4-8-16)17-9-5-15(22)6-10-17/h3-13H,21-22H2,1-2H3. The first kappa shape index (κ1) is 16.5. The minimum atomic E-state index is 0.707. The minimum Gasteiger partial charge on any atom is -0.497 e. The van der Waals surface area contributed by atoms with Crippen molar-refractivity contribution < 1.29 is 9.47 Å². The summed E-state index contributed by atoms with van der Waals surface area (Å²) in [6.45, 7) is 0. The van der Waals surface area contributed by atoms with Gasteiger partial charge in [-0.25, -0.2) is 0 Å². The van der Waals surface area contributed by atoms with Crippen molar-refractivity contribution in [1.82, 2.24) is 0 Å². The molecule has 0 aromatic heterocycles. The summed E-state index contributed by atoms with van der Waals surface area (Å²) >= 11 is 0. The van der Waals surface area contributed by atoms with E-state index in [0.717, 1.165) is 28.6 Å². The molecule has 0 radical (unpaired) electrons. The number of hydrogen-bond donors (Lipinski definition) is 2. The van der Waals surface area contributed by atoms with Gasteiger partial charge in [0.1, 0.15) is 11.5 Å². The van der Waals surface area contributed by atoms with Gasteiger partial charge in [-0.1, -0.05) is 0 Å². The van der Waals surface area contributed by atoms with Gasteiger partial charge < -0.3 is 25.8 Å². The van der Waals surface area contributed by atoms with Gasteiger partial charge in [-0.15, -0.1) is 0 Å². The predicted molar refractivity (Wildman–Crippen MR) is 103 cm³/mol. The summed E-state index contributed by atoms with van der Waals surface area (Å²) in [5, 5.41) is 0. The fourth-order valence-corrected chi connectivity index (χ4v) is 2.65. The lowest BCUT2D eigenvalue weighted by Gasteiger charge is -2.27. The summed E-state index contributed by atoms with van der Waals surface area (Å²) in [4.78, 5) is 2.07. The fourth-order valence-electron chi connectivity index (χ4n) is 2.65. The van der Waals surface area contributed by atoms with Crippen molar-refractivity contribution >= 4 is 28.4 Å². The summed E-state index contributed by atoms with van der Waals surface area (Å²) in [7, 11) is 3.29. The molecule has 0 atom stereocenters. The van der Waals surface area contributed by atoms with Gasteiger partial charge in [-0.3, -0.25) is 0 Å². The lowest BCUT2D eigenvalue weighted by atomic mass is 10.1. The molecule has 3 rings (SSSR count). The summed E-state index contributed by atoms with van der Waals surface area (Å²) in [6.07, 6.45) is 0. The number of hydrogen-bond acceptors (Lipinski definition) is 5. The minimum absolute atomic E-state index is 0.707. The third-order valence-corrected chi connectivity index (χ3v) is 3.93. The first-order valence-electron chi connectivity index (χ1n) is 7.85. The van der Waals surface area contributed by atoms with Crippen LogP contribution in [0.4, 0.5) is 28.4 Å². The van der Waals surface area contributed by atoms with Crippen LogP contribution in [-0.4, -0.2) is 14.2 Å². The van der Waals surface area contributed by atoms with Gasteiger partial charge in [-0.2, -0.15) is 0 Å². The van der Waals surface area contributed by atoms with Crippen LogP contribution in [0.25, 0.3) is 0 Å². The zero-order valence-electron chi connectivity index (χ0n) is 14.3. The first-order valence-corrected chi connectivity index (χ1v) is 7.85. The van der Waals surface area contributed by atoms with Gasteiger partial charge in [0.05, 0.1) is 19.9 Å². The molecule has 3 aromatic rings. The van der Waals surface area contributed by atoms with Crippen LogP contribution in [0.1, 0.15) is 0 Å². The number of benzene rings is 3. The highest BCUT2D eigenvalue weighted by atomic mass is 16.5. The summed E-state index contributed by atoms with van der Waals surface area (Å²) < 4.78 is 11.0. The van der Waals surface area contributed by atoms with Crippen LogP contribution in [0.5, 0.6) is 11.5 Å². The van der Waals surface area contributed by atoms with Crippen LogP contribution in [0.15, 0.2) is 66.7 Å². The van der Waals surface area contributed by atoms with Gasteiger partial charge in [0.2, 0.25) is 0 Å². The summed E-state index contributed by atoms with van der Waals surface area (Å²) in [5.41, 5.74) is 15.9. The van der Waals surface area contributed by atoms with Crippen molar-refractivity contribution in [2.75, 3.05) is 30.6 Å². The zero-order valence-corrected chi connectivity index (χ0v) is 14.3. The van der Waals surface area contributed by atoms with Crippen molar-refractivity contribution in [3.05, 3.63) is 66.7 Å². The van der Waals surface area contributed by atoms with Crippen molar-refractivity contribution in [2.45, 2.75) is 0 Å². The van der Waals surface area contributed by atoms with E-state index in [1.54, 1.807) is 14.2 Å². The molecule has 0 aliphatic carbocycles. The third kappa shape index (κ3) is 3.45. The summed E-state index contributed by atoms with van der Waals surface area (Å²) in [6, 6.07) is 21.0. The average molecular weight is 335 g/mol. The number of nitrogens with two attached hydrogens (primary N) is 2. The van der Waals surface area contributed by atoms with Gasteiger partial charge >= 0.3 is 0 Å². The molecule has 128 valence electrons. The second kappa shape index (κ2) is 7.05. The maximum absolute atomic E-state index is 5.85. The molecule has 3 aromatic carbocycles. The second-order valence-electron chi connectivity index (χ2n) is 5.56. The van der Waals surface area contributed by atoms with E-state index in [9.17, 15) is 0 Å². The van der Waals surface area contributed by atoms with Crippen LogP contribution >= 0.6 is 0 Å². The molecule has 25 heavy (non-hydrogen) atoms. The molecule has 0 fully saturated rings. The smallest absolute Gasteiger partial charge is 0.143 e. The molecular weight excluding hydrogens is 314 g/mol. The molecule has 5 nitrogen and oxygen atoms in total. The largest absolute Gasteiger partial charge is 0.497 e. The molecule has 0 amide bonds. The Bertz CT molecular complexity index is 800. The van der Waals surface area contributed by atoms with Gasteiger partial charge in [0.15, 0.2) is 0 Å². The quantitative estimate of drug-likeness (QED) is 0.679. The van der Waals surface area contributed by atoms with E-state index in [1.165, 1.54) is 0 Å². The van der Waals surface area contributed by atoms with Gasteiger partial charge in [0.25, 0.3) is 0 Å². The third-order valence-electron chi connectivity index (χ3n) is 3.93. The second-order valence-corrected chi connectivity index (χ2v) is 5.56. The lowest BCUT2D eigenvalue weighted by Crippen LogP contribution is -2.11. The van der Waals surface area contributed by atoms with E-state index in [4.69, 9.17) is 20.9 Å². The molecule has 0 aliphatic heterocycles. The highest BCUT2D eigenvalue weighted by molar-refractivity contribution is 5.81. The highest BCUT2D eigenvalue weighted by Crippen LogP contribution is 2.42. The molecule has 0 saturated heterocycles. The van der Waals surface area contributed by atoms with Gasteiger partial charge in [0, 0.05) is 28.8 Å². The predicted octanol–water partition coefficient (Wildman–Crippen LogP) is 4.34. The Morgan fingerprint density at radius 3 is 1.64 bits per heavy atom. The number of nitrogen functional groups attached to an aromatic ring is 2. The molecule has 5 heteroatoms. The normalized spacial score (nSPS) is 10.3. The van der Waals surface area contributed by atoms with Gasteiger partial charge in [-0.05, 0) is 60.7 Å². The van der Waals surface area contributed by atoms with E-state index >= 15 is 0 Å². The van der Waals surface area contributed by atoms with Crippen LogP contribution < -0.4 is 25.8 Å². The fraction of sp³-hybridized carbons (Fsp3) is 0.100. The molecule has 0 spiro atoms. The monoisotopic (exact) mass is 335 g/mol. The highest BCUT2D eigenvalue weighted by Gasteiger charge is 2.17. The molecular formula is C20H21N3O2. The Morgan fingerprint density at radius 2 is 1.20 bits per heavy atom. The first-order chi connectivity index (χ1) is 12.1. The molecule has 0 bridgehead atoms. The summed E-state index contributed by atoms with van der Waals surface area (Å²) in [5.74, 6) is 1.47. The number of methoxy groups -OCH3 is 2. The molecule has 0 saturated carbocycles. The number of nitrogens with zero attached hydrogens (tertiary/aromatic N) is 1. The van der Waals surface area contributed by atoms with Crippen molar-refractivity contribution in [2.24, 2.45) is 0 Å². The molecule has 0 heterocycles. The van der Waals surface area contributed by atoms with E-state index in [-0.39, 0.29) is 0 Å². The Labute approximate surface area is 147 Å². The van der Waals surface area contributed by atoms with Crippen molar-refractivity contribution in [1.29, 1.82) is 0 Å². The Balaban J connectivity index is 2.20. The SMILES string of the molecule is COc1ccc(OC)c(N(c2ccc(N)cc2)c2ccc(N)cc2)c1. The van der Waals surface area contributed by atoms with Crippen LogP contribution in [0.2, 0.25) is 0 Å². The Morgan fingerprint density at radius 1 is 0.680 bits per heavy atom. The average Bonchev–Trinajstić information content (AvgIpc) is 2.65. The number of rotatable bonds is 5. The van der Waals surface area contributed by atoms with Crippen molar-refractivity contribution in [3.8, 4) is 11.5 Å². The van der Waals surface area contributed by atoms with E-state index in [2.05, 4.69) is 4.90 Å². The molecule has 0 unspecified atom stereocenters. The van der Waals surface area contributed by atoms with E-state index < -0.39 is 0 Å². The number of ether oxygens (including phenoxy) is 2. The van der Waals surface area contributed by atoms with E-state index in [1.807, 2.05) is 66.7 Å². The Hall–Kier alpha value is -3.34. The van der Waals surface area contributed by atoms with Crippen LogP contribution in [0, 0.1) is 0 Å². The molecule has 0 aliphatic rings. The maximum Gasteiger partial charge on any atom is 0.143 e. The molecule has 4 N–H and O–H groups in total. The zero-order chi connectivity index (χ0) is 17.8. The van der Waals surface area contributed by atoms with Crippen LogP contribution in [0.3, 0.4) is 0 Å². The van der Waals surface area contributed by atoms with Crippen molar-refractivity contribution in [3.63, 3.8) is 0 Å². The Kier molecular flexibility index (Phi) is 4.66. The van der Waals surface area contributed by atoms with Crippen LogP contribution in [-0.2, 0) is 0 Å².